The number of imidazole rings is 1. The predicted molar refractivity (Wildman–Crippen MR) is 120 cm³/mol. The number of hydrogen-bond acceptors (Lipinski definition) is 3. The molecule has 1 saturated heterocycles. The van der Waals surface area contributed by atoms with Crippen LogP contribution < -0.4 is 4.90 Å². The number of nitrogens with zero attached hydrogens (tertiary/aromatic N) is 4. The number of para-hydroxylation sites is 1. The summed E-state index contributed by atoms with van der Waals surface area (Å²) in [5, 5.41) is 0. The molecule has 0 bridgehead atoms. The lowest BCUT2D eigenvalue weighted by molar-refractivity contribution is -0.119. The van der Waals surface area contributed by atoms with E-state index in [-0.39, 0.29) is 17.9 Å². The molecule has 0 atom stereocenters. The molecule has 2 aliphatic heterocycles. The predicted octanol–water partition coefficient (Wildman–Crippen LogP) is 3.67. The quantitative estimate of drug-likeness (QED) is 0.657. The number of amides is 2. The van der Waals surface area contributed by atoms with Gasteiger partial charge in [-0.25, -0.2) is 4.98 Å². The number of benzene rings is 2. The lowest BCUT2D eigenvalue weighted by atomic mass is 9.95. The Hall–Kier alpha value is -3.41. The minimum Gasteiger partial charge on any atom is -0.338 e. The van der Waals surface area contributed by atoms with E-state index < -0.39 is 0 Å². The highest BCUT2D eigenvalue weighted by Gasteiger charge is 2.33. The highest BCUT2D eigenvalue weighted by molar-refractivity contribution is 5.97. The molecule has 0 unspecified atom stereocenters. The number of carbonyl (C=O) groups excluding carboxylic acids is 2. The molecule has 0 N–H and O–H groups in total. The van der Waals surface area contributed by atoms with Crippen LogP contribution in [0.25, 0.3) is 11.4 Å². The Morgan fingerprint density at radius 3 is 2.45 bits per heavy atom. The van der Waals surface area contributed by atoms with Crippen molar-refractivity contribution < 1.29 is 9.59 Å². The molecule has 3 aromatic rings. The Morgan fingerprint density at radius 2 is 1.74 bits per heavy atom. The maximum absolute atomic E-state index is 13.0. The fraction of sp³-hybridized carbons (Fsp3) is 0.320. The number of fused-ring (bicyclic) bond motifs is 1. The van der Waals surface area contributed by atoms with Gasteiger partial charge in [0.05, 0.1) is 0 Å². The molecule has 6 nitrogen and oxygen atoms in total. The first kappa shape index (κ1) is 19.5. The van der Waals surface area contributed by atoms with Crippen molar-refractivity contribution in [2.24, 2.45) is 7.05 Å². The summed E-state index contributed by atoms with van der Waals surface area (Å²) < 4.78 is 1.96. The molecule has 1 aromatic heterocycles. The fourth-order valence-corrected chi connectivity index (χ4v) is 4.77. The van der Waals surface area contributed by atoms with Crippen molar-refractivity contribution in [2.45, 2.75) is 31.7 Å². The molecule has 3 heterocycles. The van der Waals surface area contributed by atoms with Gasteiger partial charge < -0.3 is 14.4 Å². The van der Waals surface area contributed by atoms with Crippen LogP contribution in [0.1, 0.15) is 35.2 Å². The van der Waals surface area contributed by atoms with Crippen molar-refractivity contribution in [1.82, 2.24) is 14.5 Å². The molecule has 2 aromatic carbocycles. The molecule has 158 valence electrons. The maximum Gasteiger partial charge on any atom is 0.253 e. The van der Waals surface area contributed by atoms with E-state index in [1.54, 1.807) is 6.20 Å². The average Bonchev–Trinajstić information content (AvgIpc) is 3.24. The summed E-state index contributed by atoms with van der Waals surface area (Å²) in [6, 6.07) is 16.0. The van der Waals surface area contributed by atoms with Gasteiger partial charge in [0.1, 0.15) is 5.82 Å². The number of likely N-dealkylation sites (tertiary alicyclic amines) is 1. The minimum atomic E-state index is 0.0511. The molecule has 5 rings (SSSR count). The summed E-state index contributed by atoms with van der Waals surface area (Å²) in [5.74, 6) is 1.13. The number of hydrogen-bond donors (Lipinski definition) is 0. The molecule has 2 aliphatic rings. The minimum absolute atomic E-state index is 0.0511. The first-order valence-corrected chi connectivity index (χ1v) is 10.9. The van der Waals surface area contributed by atoms with Gasteiger partial charge in [0.15, 0.2) is 0 Å². The zero-order valence-electron chi connectivity index (χ0n) is 17.7. The van der Waals surface area contributed by atoms with Gasteiger partial charge in [0.2, 0.25) is 5.91 Å². The van der Waals surface area contributed by atoms with Gasteiger partial charge >= 0.3 is 0 Å². The number of carbonyl (C=O) groups is 2. The zero-order valence-corrected chi connectivity index (χ0v) is 17.7. The molecule has 2 amide bonds. The van der Waals surface area contributed by atoms with Crippen LogP contribution in [-0.2, 0) is 18.3 Å². The first-order chi connectivity index (χ1) is 15.1. The van der Waals surface area contributed by atoms with Crippen LogP contribution in [0.4, 0.5) is 5.69 Å². The van der Waals surface area contributed by atoms with Crippen LogP contribution >= 0.6 is 0 Å². The summed E-state index contributed by atoms with van der Waals surface area (Å²) in [4.78, 5) is 34.0. The third kappa shape index (κ3) is 3.63. The van der Waals surface area contributed by atoms with Crippen molar-refractivity contribution in [3.63, 3.8) is 0 Å². The van der Waals surface area contributed by atoms with Crippen molar-refractivity contribution in [3.8, 4) is 11.4 Å². The van der Waals surface area contributed by atoms with Gasteiger partial charge in [-0.15, -0.1) is 0 Å². The van der Waals surface area contributed by atoms with Crippen molar-refractivity contribution in [2.75, 3.05) is 18.0 Å². The average molecular weight is 415 g/mol. The summed E-state index contributed by atoms with van der Waals surface area (Å²) in [7, 11) is 1.96. The van der Waals surface area contributed by atoms with Crippen LogP contribution in [-0.4, -0.2) is 45.4 Å². The number of piperidine rings is 1. The van der Waals surface area contributed by atoms with E-state index in [4.69, 9.17) is 0 Å². The van der Waals surface area contributed by atoms with Gasteiger partial charge in [-0.2, -0.15) is 0 Å². The van der Waals surface area contributed by atoms with Crippen LogP contribution in [0.15, 0.2) is 60.9 Å². The highest BCUT2D eigenvalue weighted by atomic mass is 16.2. The Kier molecular flexibility index (Phi) is 5.06. The smallest absolute Gasteiger partial charge is 0.253 e. The van der Waals surface area contributed by atoms with E-state index >= 15 is 0 Å². The molecule has 0 spiro atoms. The van der Waals surface area contributed by atoms with Gasteiger partial charge in [-0.3, -0.25) is 9.59 Å². The number of aromatic nitrogens is 2. The number of anilines is 1. The van der Waals surface area contributed by atoms with E-state index in [2.05, 4.69) is 11.1 Å². The largest absolute Gasteiger partial charge is 0.338 e. The third-order valence-corrected chi connectivity index (χ3v) is 6.46. The third-order valence-electron chi connectivity index (χ3n) is 6.46. The highest BCUT2D eigenvalue weighted by Crippen LogP contribution is 2.32. The summed E-state index contributed by atoms with van der Waals surface area (Å²) in [6.45, 7) is 1.33. The number of rotatable bonds is 3. The zero-order chi connectivity index (χ0) is 21.4. The van der Waals surface area contributed by atoms with Crippen molar-refractivity contribution in [3.05, 3.63) is 72.1 Å². The second kappa shape index (κ2) is 8.02. The molecule has 0 saturated carbocycles. The topological polar surface area (TPSA) is 58.4 Å². The Balaban J connectivity index is 1.26. The lowest BCUT2D eigenvalue weighted by Gasteiger charge is -2.41. The second-order valence-corrected chi connectivity index (χ2v) is 8.35. The monoisotopic (exact) mass is 414 g/mol. The lowest BCUT2D eigenvalue weighted by Crippen LogP contribution is -2.50. The van der Waals surface area contributed by atoms with Gasteiger partial charge in [-0.1, -0.05) is 30.3 Å². The van der Waals surface area contributed by atoms with E-state index in [1.807, 2.05) is 70.1 Å². The van der Waals surface area contributed by atoms with Gasteiger partial charge in [0.25, 0.3) is 5.91 Å². The van der Waals surface area contributed by atoms with E-state index in [0.29, 0.717) is 25.1 Å². The molecule has 0 radical (unpaired) electrons. The van der Waals surface area contributed by atoms with Crippen LogP contribution in [0.3, 0.4) is 0 Å². The molecular weight excluding hydrogens is 388 g/mol. The van der Waals surface area contributed by atoms with E-state index in [9.17, 15) is 9.59 Å². The van der Waals surface area contributed by atoms with Crippen LogP contribution in [0.2, 0.25) is 0 Å². The van der Waals surface area contributed by atoms with E-state index in [1.165, 1.54) is 5.56 Å². The SMILES string of the molecule is Cn1ccnc1-c1ccc(C(=O)N2CCC(N3C(=O)CCc4ccccc43)CC2)cc1. The molecular formula is C25H26N4O2. The second-order valence-electron chi connectivity index (χ2n) is 8.35. The Morgan fingerprint density at radius 1 is 1.00 bits per heavy atom. The standard InChI is InChI=1S/C25H26N4O2/c1-27-17-14-26-24(27)19-6-8-20(9-7-19)25(31)28-15-12-21(13-16-28)29-22-5-3-2-4-18(22)10-11-23(29)30/h2-9,14,17,21H,10-13,15-16H2,1H3. The van der Waals surface area contributed by atoms with Crippen molar-refractivity contribution in [1.29, 1.82) is 0 Å². The molecule has 1 fully saturated rings. The van der Waals surface area contributed by atoms with Gasteiger partial charge in [0, 0.05) is 61.8 Å². The normalized spacial score (nSPS) is 17.0. The van der Waals surface area contributed by atoms with Crippen LogP contribution in [0, 0.1) is 0 Å². The van der Waals surface area contributed by atoms with E-state index in [0.717, 1.165) is 36.3 Å². The molecule has 31 heavy (non-hydrogen) atoms. The molecule has 0 aliphatic carbocycles. The number of aryl methyl sites for hydroxylation is 2. The fourth-order valence-electron chi connectivity index (χ4n) is 4.77. The molecule has 6 heteroatoms. The van der Waals surface area contributed by atoms with Gasteiger partial charge in [-0.05, 0) is 43.0 Å². The summed E-state index contributed by atoms with van der Waals surface area (Å²) in [5.41, 5.74) is 3.97. The Labute approximate surface area is 182 Å². The summed E-state index contributed by atoms with van der Waals surface area (Å²) >= 11 is 0. The van der Waals surface area contributed by atoms with Crippen LogP contribution in [0.5, 0.6) is 0 Å². The maximum atomic E-state index is 13.0. The Bertz CT molecular complexity index is 1110. The van der Waals surface area contributed by atoms with Crippen molar-refractivity contribution >= 4 is 17.5 Å². The summed E-state index contributed by atoms with van der Waals surface area (Å²) in [6.07, 6.45) is 6.66. The first-order valence-electron chi connectivity index (χ1n) is 10.9.